The lowest BCUT2D eigenvalue weighted by Crippen LogP contribution is -2.11. The Labute approximate surface area is 186 Å². The van der Waals surface area contributed by atoms with Crippen LogP contribution >= 0.6 is 24.2 Å². The van der Waals surface area contributed by atoms with Crippen molar-refractivity contribution in [2.75, 3.05) is 31.0 Å². The highest BCUT2D eigenvalue weighted by Gasteiger charge is 2.16. The molecule has 0 bridgehead atoms. The summed E-state index contributed by atoms with van der Waals surface area (Å²) in [6.07, 6.45) is 2.50. The van der Waals surface area contributed by atoms with Gasteiger partial charge in [-0.1, -0.05) is 11.6 Å². The Balaban J connectivity index is 2.05. The molecule has 2 N–H and O–H groups in total. The van der Waals surface area contributed by atoms with E-state index < -0.39 is 22.6 Å². The maximum atomic E-state index is 14.3. The molecule has 2 aromatic carbocycles. The predicted molar refractivity (Wildman–Crippen MR) is 118 cm³/mol. The average molecular weight is 467 g/mol. The van der Waals surface area contributed by atoms with E-state index in [9.17, 15) is 13.6 Å². The Morgan fingerprint density at radius 3 is 2.77 bits per heavy atom. The number of methoxy groups -OCH3 is 1. The fourth-order valence-corrected chi connectivity index (χ4v) is 2.93. The molecule has 1 amide bonds. The Bertz CT molecular complexity index is 1150. The Morgan fingerprint density at radius 2 is 2.03 bits per heavy atom. The Kier molecular flexibility index (Phi) is 7.61. The number of nitrogens with zero attached hydrogens (tertiary/aromatic N) is 2. The largest absolute Gasteiger partial charge is 0.489 e. The summed E-state index contributed by atoms with van der Waals surface area (Å²) >= 11 is 9.54. The van der Waals surface area contributed by atoms with Crippen LogP contribution in [-0.2, 0) is 9.53 Å². The van der Waals surface area contributed by atoms with Crippen molar-refractivity contribution >= 4 is 58.2 Å². The van der Waals surface area contributed by atoms with Gasteiger partial charge < -0.3 is 20.1 Å². The third-order valence-corrected chi connectivity index (χ3v) is 4.55. The highest BCUT2D eigenvalue weighted by Crippen LogP contribution is 2.34. The van der Waals surface area contributed by atoms with E-state index >= 15 is 0 Å². The number of halogens is 3. The molecule has 3 aromatic rings. The number of thiol groups is 1. The SMILES string of the molecule is COCCOc1cc2ncnc(Nc3ccc(F)c(Cl)c3F)c2cc1NC(=O)/C=C/S. The van der Waals surface area contributed by atoms with Crippen molar-refractivity contribution in [3.05, 3.63) is 58.7 Å². The van der Waals surface area contributed by atoms with Crippen LogP contribution < -0.4 is 15.4 Å². The standard InChI is InChI=1S/C20H17ClF2N4O3S/c1-29-5-6-30-16-9-14-11(8-15(16)26-17(28)4-7-31)20(25-10-24-14)27-13-3-2-12(22)18(21)19(13)23/h2-4,7-10,31H,5-6H2,1H3,(H,26,28)(H,24,25,27)/b7-4+. The van der Waals surface area contributed by atoms with Crippen LogP contribution in [0.3, 0.4) is 0 Å². The number of hydrogen-bond acceptors (Lipinski definition) is 7. The van der Waals surface area contributed by atoms with Crippen LogP contribution in [0.15, 0.2) is 42.1 Å². The number of hydrogen-bond donors (Lipinski definition) is 3. The lowest BCUT2D eigenvalue weighted by molar-refractivity contribution is -0.111. The number of anilines is 3. The lowest BCUT2D eigenvalue weighted by Gasteiger charge is -2.15. The van der Waals surface area contributed by atoms with Gasteiger partial charge in [-0.05, 0) is 23.6 Å². The van der Waals surface area contributed by atoms with Crippen LogP contribution in [0.1, 0.15) is 0 Å². The summed E-state index contributed by atoms with van der Waals surface area (Å²) in [6, 6.07) is 5.42. The fraction of sp³-hybridized carbons (Fsp3) is 0.150. The van der Waals surface area contributed by atoms with Crippen molar-refractivity contribution < 1.29 is 23.0 Å². The highest BCUT2D eigenvalue weighted by atomic mass is 35.5. The van der Waals surface area contributed by atoms with Crippen molar-refractivity contribution in [3.63, 3.8) is 0 Å². The van der Waals surface area contributed by atoms with Crippen molar-refractivity contribution in [2.24, 2.45) is 0 Å². The van der Waals surface area contributed by atoms with Crippen molar-refractivity contribution in [1.29, 1.82) is 0 Å². The summed E-state index contributed by atoms with van der Waals surface area (Å²) in [4.78, 5) is 20.4. The number of benzene rings is 2. The molecule has 0 aliphatic rings. The van der Waals surface area contributed by atoms with E-state index in [-0.39, 0.29) is 18.1 Å². The number of carbonyl (C=O) groups is 1. The smallest absolute Gasteiger partial charge is 0.248 e. The zero-order valence-corrected chi connectivity index (χ0v) is 17.8. The van der Waals surface area contributed by atoms with Gasteiger partial charge >= 0.3 is 0 Å². The number of carbonyl (C=O) groups excluding carboxylic acids is 1. The molecule has 0 aliphatic heterocycles. The van der Waals surface area contributed by atoms with Crippen LogP contribution in [-0.4, -0.2) is 36.2 Å². The summed E-state index contributed by atoms with van der Waals surface area (Å²) in [7, 11) is 1.54. The van der Waals surface area contributed by atoms with E-state index in [4.69, 9.17) is 21.1 Å². The number of amides is 1. The van der Waals surface area contributed by atoms with E-state index in [0.717, 1.165) is 6.07 Å². The van der Waals surface area contributed by atoms with Gasteiger partial charge in [0.15, 0.2) is 5.82 Å². The Morgan fingerprint density at radius 1 is 1.23 bits per heavy atom. The molecule has 1 heterocycles. The van der Waals surface area contributed by atoms with Gasteiger partial charge in [0.2, 0.25) is 5.91 Å². The molecule has 7 nitrogen and oxygen atoms in total. The van der Waals surface area contributed by atoms with Crippen molar-refractivity contribution in [1.82, 2.24) is 9.97 Å². The molecule has 0 saturated heterocycles. The van der Waals surface area contributed by atoms with Crippen molar-refractivity contribution in [3.8, 4) is 5.75 Å². The molecular formula is C20H17ClF2N4O3S. The van der Waals surface area contributed by atoms with Crippen LogP contribution in [0.5, 0.6) is 5.75 Å². The Hall–Kier alpha value is -2.95. The molecule has 162 valence electrons. The summed E-state index contributed by atoms with van der Waals surface area (Å²) in [5.41, 5.74) is 0.715. The minimum absolute atomic E-state index is 0.0737. The van der Waals surface area contributed by atoms with Crippen LogP contribution in [0.2, 0.25) is 5.02 Å². The first-order chi connectivity index (χ1) is 14.9. The molecule has 0 spiro atoms. The topological polar surface area (TPSA) is 85.4 Å². The molecule has 31 heavy (non-hydrogen) atoms. The lowest BCUT2D eigenvalue weighted by atomic mass is 10.1. The zero-order valence-electron chi connectivity index (χ0n) is 16.2. The minimum atomic E-state index is -0.958. The zero-order chi connectivity index (χ0) is 22.4. The average Bonchev–Trinajstić information content (AvgIpc) is 2.75. The first kappa shape index (κ1) is 22.7. The monoisotopic (exact) mass is 466 g/mol. The second-order valence-corrected chi connectivity index (χ2v) is 6.76. The van der Waals surface area contributed by atoms with Gasteiger partial charge in [-0.2, -0.15) is 12.6 Å². The third kappa shape index (κ3) is 5.40. The molecule has 3 rings (SSSR count). The molecular weight excluding hydrogens is 450 g/mol. The van der Waals surface area contributed by atoms with E-state index in [1.165, 1.54) is 31.0 Å². The van der Waals surface area contributed by atoms with Gasteiger partial charge in [-0.15, -0.1) is 0 Å². The second kappa shape index (κ2) is 10.4. The van der Waals surface area contributed by atoms with Crippen LogP contribution in [0.4, 0.5) is 26.0 Å². The normalized spacial score (nSPS) is 11.1. The maximum Gasteiger partial charge on any atom is 0.248 e. The van der Waals surface area contributed by atoms with Gasteiger partial charge in [0.1, 0.15) is 35.3 Å². The number of aromatic nitrogens is 2. The van der Waals surface area contributed by atoms with Gasteiger partial charge in [-0.3, -0.25) is 4.79 Å². The minimum Gasteiger partial charge on any atom is -0.489 e. The number of ether oxygens (including phenoxy) is 2. The maximum absolute atomic E-state index is 14.3. The number of nitrogens with one attached hydrogen (secondary N) is 2. The first-order valence-corrected chi connectivity index (χ1v) is 9.76. The van der Waals surface area contributed by atoms with Gasteiger partial charge in [0.25, 0.3) is 0 Å². The predicted octanol–water partition coefficient (Wildman–Crippen LogP) is 4.71. The molecule has 0 aliphatic carbocycles. The molecule has 11 heteroatoms. The van der Waals surface area contributed by atoms with Gasteiger partial charge in [-0.25, -0.2) is 18.7 Å². The van der Waals surface area contributed by atoms with E-state index in [1.807, 2.05) is 0 Å². The summed E-state index contributed by atoms with van der Waals surface area (Å²) in [5, 5.41) is 6.57. The quantitative estimate of drug-likeness (QED) is 0.193. The summed E-state index contributed by atoms with van der Waals surface area (Å²) in [5.74, 6) is -1.70. The highest BCUT2D eigenvalue weighted by molar-refractivity contribution is 7.83. The number of fused-ring (bicyclic) bond motifs is 1. The third-order valence-electron chi connectivity index (χ3n) is 4.05. The summed E-state index contributed by atoms with van der Waals surface area (Å²) in [6.45, 7) is 0.575. The van der Waals surface area contributed by atoms with E-state index in [1.54, 1.807) is 12.1 Å². The first-order valence-electron chi connectivity index (χ1n) is 8.87. The van der Waals surface area contributed by atoms with Crippen LogP contribution in [0.25, 0.3) is 10.9 Å². The second-order valence-electron chi connectivity index (χ2n) is 6.08. The number of rotatable bonds is 8. The molecule has 0 fully saturated rings. The fourth-order valence-electron chi connectivity index (χ4n) is 2.63. The summed E-state index contributed by atoms with van der Waals surface area (Å²) < 4.78 is 38.5. The molecule has 0 unspecified atom stereocenters. The van der Waals surface area contributed by atoms with Gasteiger partial charge in [0, 0.05) is 24.6 Å². The van der Waals surface area contributed by atoms with E-state index in [2.05, 4.69) is 33.2 Å². The van der Waals surface area contributed by atoms with Crippen LogP contribution in [0, 0.1) is 11.6 Å². The molecule has 0 radical (unpaired) electrons. The van der Waals surface area contributed by atoms with E-state index in [0.29, 0.717) is 28.9 Å². The molecule has 1 aromatic heterocycles. The van der Waals surface area contributed by atoms with Crippen molar-refractivity contribution in [2.45, 2.75) is 0 Å². The molecule has 0 saturated carbocycles. The van der Waals surface area contributed by atoms with Gasteiger partial charge in [0.05, 0.1) is 23.5 Å². The molecule has 0 atom stereocenters.